The van der Waals surface area contributed by atoms with Crippen LogP contribution in [0.4, 0.5) is 0 Å². The van der Waals surface area contributed by atoms with E-state index in [4.69, 9.17) is 0 Å². The van der Waals surface area contributed by atoms with Crippen molar-refractivity contribution in [3.8, 4) is 0 Å². The summed E-state index contributed by atoms with van der Waals surface area (Å²) in [5.74, 6) is -1.17. The molecule has 20 heavy (non-hydrogen) atoms. The lowest BCUT2D eigenvalue weighted by molar-refractivity contribution is -0.123. The van der Waals surface area contributed by atoms with E-state index in [2.05, 4.69) is 20.6 Å². The predicted molar refractivity (Wildman–Crippen MR) is 69.9 cm³/mol. The average Bonchev–Trinajstić information content (AvgIpc) is 3.21. The van der Waals surface area contributed by atoms with Crippen LogP contribution in [0, 0.1) is 19.8 Å². The minimum absolute atomic E-state index is 0.00686. The second-order valence-corrected chi connectivity index (χ2v) is 4.83. The largest absolute Gasteiger partial charge is 0.465 e. The van der Waals surface area contributed by atoms with Gasteiger partial charge in [0, 0.05) is 11.6 Å². The van der Waals surface area contributed by atoms with E-state index in [0.29, 0.717) is 16.8 Å². The number of carbonyl (C=O) groups excluding carboxylic acids is 3. The molecule has 0 atom stereocenters. The maximum atomic E-state index is 12.0. The van der Waals surface area contributed by atoms with Gasteiger partial charge in [-0.2, -0.15) is 0 Å². The lowest BCUT2D eigenvalue weighted by Gasteiger charge is -2.06. The smallest absolute Gasteiger partial charge is 0.339 e. The van der Waals surface area contributed by atoms with Gasteiger partial charge in [-0.3, -0.25) is 20.4 Å². The molecule has 108 valence electrons. The molecule has 1 aliphatic rings. The molecule has 3 N–H and O–H groups in total. The number of esters is 1. The highest BCUT2D eigenvalue weighted by molar-refractivity contribution is 6.01. The topological polar surface area (TPSA) is 100 Å². The zero-order chi connectivity index (χ0) is 14.9. The number of hydrazine groups is 1. The SMILES string of the molecule is COC(=O)c1c(C)[nH]c(C(=O)NNC(=O)C2CC2)c1C. The molecular formula is C13H17N3O4. The molecule has 0 radical (unpaired) electrons. The van der Waals surface area contributed by atoms with Crippen LogP contribution < -0.4 is 10.9 Å². The summed E-state index contributed by atoms with van der Waals surface area (Å²) in [5, 5.41) is 0. The number of nitrogens with one attached hydrogen (secondary N) is 3. The van der Waals surface area contributed by atoms with E-state index in [9.17, 15) is 14.4 Å². The van der Waals surface area contributed by atoms with Crippen LogP contribution in [0.3, 0.4) is 0 Å². The molecular weight excluding hydrogens is 262 g/mol. The van der Waals surface area contributed by atoms with Crippen LogP contribution in [-0.2, 0) is 9.53 Å². The number of aromatic amines is 1. The van der Waals surface area contributed by atoms with Crippen molar-refractivity contribution in [1.29, 1.82) is 0 Å². The van der Waals surface area contributed by atoms with Crippen molar-refractivity contribution < 1.29 is 19.1 Å². The molecule has 0 bridgehead atoms. The number of H-pyrrole nitrogens is 1. The number of aryl methyl sites for hydroxylation is 1. The number of aromatic nitrogens is 1. The van der Waals surface area contributed by atoms with Crippen molar-refractivity contribution in [1.82, 2.24) is 15.8 Å². The maximum absolute atomic E-state index is 12.0. The lowest BCUT2D eigenvalue weighted by atomic mass is 10.1. The number of carbonyl (C=O) groups is 3. The van der Waals surface area contributed by atoms with Gasteiger partial charge in [-0.25, -0.2) is 4.79 Å². The Morgan fingerprint density at radius 2 is 1.85 bits per heavy atom. The lowest BCUT2D eigenvalue weighted by Crippen LogP contribution is -2.42. The minimum Gasteiger partial charge on any atom is -0.465 e. The monoisotopic (exact) mass is 279 g/mol. The molecule has 1 fully saturated rings. The Morgan fingerprint density at radius 3 is 2.40 bits per heavy atom. The van der Waals surface area contributed by atoms with E-state index < -0.39 is 11.9 Å². The third kappa shape index (κ3) is 2.66. The molecule has 0 aliphatic heterocycles. The summed E-state index contributed by atoms with van der Waals surface area (Å²) in [6.45, 7) is 3.33. The molecule has 2 rings (SSSR count). The van der Waals surface area contributed by atoms with Crippen molar-refractivity contribution in [3.63, 3.8) is 0 Å². The molecule has 0 aromatic carbocycles. The fraction of sp³-hybridized carbons (Fsp3) is 0.462. The Morgan fingerprint density at radius 1 is 1.20 bits per heavy atom. The van der Waals surface area contributed by atoms with Gasteiger partial charge in [-0.1, -0.05) is 0 Å². The first-order valence-electron chi connectivity index (χ1n) is 6.33. The van der Waals surface area contributed by atoms with Crippen molar-refractivity contribution in [2.45, 2.75) is 26.7 Å². The quantitative estimate of drug-likeness (QED) is 0.557. The van der Waals surface area contributed by atoms with E-state index >= 15 is 0 Å². The fourth-order valence-corrected chi connectivity index (χ4v) is 2.01. The summed E-state index contributed by atoms with van der Waals surface area (Å²) < 4.78 is 4.67. The normalized spacial score (nSPS) is 13.8. The van der Waals surface area contributed by atoms with E-state index in [1.807, 2.05) is 0 Å². The molecule has 1 aromatic heterocycles. The Labute approximate surface area is 116 Å². The summed E-state index contributed by atoms with van der Waals surface area (Å²) in [5.41, 5.74) is 6.32. The van der Waals surface area contributed by atoms with Gasteiger partial charge in [-0.05, 0) is 32.3 Å². The third-order valence-corrected chi connectivity index (χ3v) is 3.30. The summed E-state index contributed by atoms with van der Waals surface area (Å²) in [4.78, 5) is 37.9. The van der Waals surface area contributed by atoms with E-state index in [1.165, 1.54) is 7.11 Å². The van der Waals surface area contributed by atoms with Crippen molar-refractivity contribution >= 4 is 17.8 Å². The number of amides is 2. The van der Waals surface area contributed by atoms with Gasteiger partial charge in [0.1, 0.15) is 5.69 Å². The highest BCUT2D eigenvalue weighted by Crippen LogP contribution is 2.28. The van der Waals surface area contributed by atoms with E-state index in [1.54, 1.807) is 13.8 Å². The zero-order valence-corrected chi connectivity index (χ0v) is 11.6. The predicted octanol–water partition coefficient (Wildman–Crippen LogP) is 0.589. The van der Waals surface area contributed by atoms with Crippen LogP contribution in [0.5, 0.6) is 0 Å². The molecule has 1 aliphatic carbocycles. The molecule has 7 heteroatoms. The molecule has 2 amide bonds. The Balaban J connectivity index is 2.09. The number of ether oxygens (including phenoxy) is 1. The highest BCUT2D eigenvalue weighted by Gasteiger charge is 2.30. The Kier molecular flexibility index (Phi) is 3.78. The van der Waals surface area contributed by atoms with Gasteiger partial charge in [0.15, 0.2) is 0 Å². The Hall–Kier alpha value is -2.31. The fourth-order valence-electron chi connectivity index (χ4n) is 2.01. The number of hydrogen-bond acceptors (Lipinski definition) is 4. The molecule has 0 saturated heterocycles. The van der Waals surface area contributed by atoms with Crippen LogP contribution in [0.1, 0.15) is 44.9 Å². The number of hydrogen-bond donors (Lipinski definition) is 3. The second-order valence-electron chi connectivity index (χ2n) is 4.83. The summed E-state index contributed by atoms with van der Waals surface area (Å²) in [6.07, 6.45) is 1.71. The third-order valence-electron chi connectivity index (χ3n) is 3.30. The molecule has 0 spiro atoms. The summed E-state index contributed by atoms with van der Waals surface area (Å²) in [6, 6.07) is 0. The zero-order valence-electron chi connectivity index (χ0n) is 11.6. The minimum atomic E-state index is -0.502. The van der Waals surface area contributed by atoms with Crippen LogP contribution in [0.25, 0.3) is 0 Å². The first-order chi connectivity index (χ1) is 9.45. The van der Waals surface area contributed by atoms with Crippen LogP contribution in [0.2, 0.25) is 0 Å². The van der Waals surface area contributed by atoms with Gasteiger partial charge >= 0.3 is 5.97 Å². The summed E-state index contributed by atoms with van der Waals surface area (Å²) >= 11 is 0. The molecule has 7 nitrogen and oxygen atoms in total. The van der Waals surface area contributed by atoms with Crippen molar-refractivity contribution in [2.24, 2.45) is 5.92 Å². The van der Waals surface area contributed by atoms with Gasteiger partial charge in [-0.15, -0.1) is 0 Å². The molecule has 1 aromatic rings. The van der Waals surface area contributed by atoms with E-state index in [-0.39, 0.29) is 17.5 Å². The first-order valence-corrected chi connectivity index (χ1v) is 6.33. The van der Waals surface area contributed by atoms with Crippen LogP contribution in [0.15, 0.2) is 0 Å². The second kappa shape index (κ2) is 5.36. The van der Waals surface area contributed by atoms with Gasteiger partial charge < -0.3 is 9.72 Å². The van der Waals surface area contributed by atoms with Gasteiger partial charge in [0.05, 0.1) is 12.7 Å². The molecule has 1 heterocycles. The standard InChI is InChI=1S/C13H17N3O4/c1-6-9(13(19)20-3)7(2)14-10(6)12(18)16-15-11(17)8-4-5-8/h8,14H,4-5H2,1-3H3,(H,15,17)(H,16,18). The van der Waals surface area contributed by atoms with Gasteiger partial charge in [0.2, 0.25) is 5.91 Å². The average molecular weight is 279 g/mol. The number of rotatable bonds is 3. The van der Waals surface area contributed by atoms with Gasteiger partial charge in [0.25, 0.3) is 5.91 Å². The van der Waals surface area contributed by atoms with Crippen LogP contribution in [-0.4, -0.2) is 29.9 Å². The first kappa shape index (κ1) is 14.1. The van der Waals surface area contributed by atoms with Crippen molar-refractivity contribution in [3.05, 3.63) is 22.5 Å². The molecule has 1 saturated carbocycles. The Bertz CT molecular complexity index is 572. The number of methoxy groups -OCH3 is 1. The molecule has 0 unspecified atom stereocenters. The maximum Gasteiger partial charge on any atom is 0.339 e. The summed E-state index contributed by atoms with van der Waals surface area (Å²) in [7, 11) is 1.28. The van der Waals surface area contributed by atoms with Crippen molar-refractivity contribution in [2.75, 3.05) is 7.11 Å². The van der Waals surface area contributed by atoms with E-state index in [0.717, 1.165) is 12.8 Å². The highest BCUT2D eigenvalue weighted by atomic mass is 16.5. The van der Waals surface area contributed by atoms with Crippen LogP contribution >= 0.6 is 0 Å².